The van der Waals surface area contributed by atoms with Crippen molar-refractivity contribution in [1.82, 2.24) is 5.32 Å². The second kappa shape index (κ2) is 5.53. The van der Waals surface area contributed by atoms with Gasteiger partial charge in [-0.05, 0) is 31.4 Å². The lowest BCUT2D eigenvalue weighted by Crippen LogP contribution is -2.30. The highest BCUT2D eigenvalue weighted by Crippen LogP contribution is 2.25. The van der Waals surface area contributed by atoms with Gasteiger partial charge in [0.1, 0.15) is 5.75 Å². The topological polar surface area (TPSA) is 58.6 Å². The molecule has 1 heterocycles. The number of anilines is 1. The Bertz CT molecular complexity index is 526. The van der Waals surface area contributed by atoms with E-state index in [1.54, 1.807) is 11.0 Å². The number of nitrogens with one attached hydrogen (secondary N) is 1. The summed E-state index contributed by atoms with van der Waals surface area (Å²) in [4.78, 5) is 25.0. The first-order chi connectivity index (χ1) is 9.72. The molecule has 2 fully saturated rings. The van der Waals surface area contributed by atoms with Gasteiger partial charge in [-0.1, -0.05) is 6.07 Å². The number of hydrogen-bond donors (Lipinski definition) is 1. The Morgan fingerprint density at radius 1 is 1.40 bits per heavy atom. The molecule has 2 aliphatic rings. The van der Waals surface area contributed by atoms with Crippen molar-refractivity contribution < 1.29 is 14.3 Å². The first-order valence-corrected chi connectivity index (χ1v) is 7.05. The molecule has 106 valence electrons. The lowest BCUT2D eigenvalue weighted by molar-refractivity contribution is -0.123. The van der Waals surface area contributed by atoms with Crippen LogP contribution in [0.25, 0.3) is 0 Å². The predicted molar refractivity (Wildman–Crippen MR) is 74.7 cm³/mol. The van der Waals surface area contributed by atoms with Crippen LogP contribution in [-0.2, 0) is 9.59 Å². The lowest BCUT2D eigenvalue weighted by Gasteiger charge is -2.16. The van der Waals surface area contributed by atoms with Crippen LogP contribution in [0, 0.1) is 0 Å². The van der Waals surface area contributed by atoms with E-state index in [9.17, 15) is 9.59 Å². The summed E-state index contributed by atoms with van der Waals surface area (Å²) in [6, 6.07) is 7.69. The Kier molecular flexibility index (Phi) is 3.58. The minimum absolute atomic E-state index is 0.0217. The van der Waals surface area contributed by atoms with Crippen molar-refractivity contribution in [1.29, 1.82) is 0 Å². The minimum Gasteiger partial charge on any atom is -0.484 e. The number of carbonyl (C=O) groups excluding carboxylic acids is 2. The molecule has 1 aromatic rings. The minimum atomic E-state index is -0.0878. The summed E-state index contributed by atoms with van der Waals surface area (Å²) in [6.45, 7) is 0.776. The average molecular weight is 274 g/mol. The fourth-order valence-electron chi connectivity index (χ4n) is 2.31. The third-order valence-electron chi connectivity index (χ3n) is 3.52. The molecule has 20 heavy (non-hydrogen) atoms. The van der Waals surface area contributed by atoms with Gasteiger partial charge in [-0.3, -0.25) is 9.59 Å². The molecule has 0 unspecified atom stereocenters. The molecule has 1 aliphatic heterocycles. The van der Waals surface area contributed by atoms with Crippen LogP contribution in [0.3, 0.4) is 0 Å². The molecule has 5 nitrogen and oxygen atoms in total. The van der Waals surface area contributed by atoms with Crippen molar-refractivity contribution in [3.63, 3.8) is 0 Å². The molecule has 3 rings (SSSR count). The van der Waals surface area contributed by atoms with E-state index >= 15 is 0 Å². The predicted octanol–water partition coefficient (Wildman–Crippen LogP) is 1.47. The van der Waals surface area contributed by atoms with E-state index in [2.05, 4.69) is 5.32 Å². The van der Waals surface area contributed by atoms with E-state index < -0.39 is 0 Å². The Morgan fingerprint density at radius 2 is 2.25 bits per heavy atom. The highest BCUT2D eigenvalue weighted by atomic mass is 16.5. The van der Waals surface area contributed by atoms with Crippen molar-refractivity contribution in [2.45, 2.75) is 31.7 Å². The van der Waals surface area contributed by atoms with E-state index in [4.69, 9.17) is 4.74 Å². The zero-order chi connectivity index (χ0) is 13.9. The number of nitrogens with zero attached hydrogens (tertiary/aromatic N) is 1. The third kappa shape index (κ3) is 3.10. The van der Waals surface area contributed by atoms with Crippen LogP contribution < -0.4 is 15.0 Å². The van der Waals surface area contributed by atoms with Crippen LogP contribution in [0.15, 0.2) is 24.3 Å². The highest BCUT2D eigenvalue weighted by Gasteiger charge is 2.24. The fourth-order valence-corrected chi connectivity index (χ4v) is 2.31. The zero-order valence-corrected chi connectivity index (χ0v) is 11.3. The maximum absolute atomic E-state index is 11.7. The van der Waals surface area contributed by atoms with Gasteiger partial charge >= 0.3 is 0 Å². The largest absolute Gasteiger partial charge is 0.484 e. The van der Waals surface area contributed by atoms with E-state index in [0.29, 0.717) is 18.2 Å². The van der Waals surface area contributed by atoms with Gasteiger partial charge < -0.3 is 15.0 Å². The summed E-state index contributed by atoms with van der Waals surface area (Å²) < 4.78 is 5.48. The van der Waals surface area contributed by atoms with Crippen LogP contribution in [0.1, 0.15) is 25.7 Å². The number of rotatable bonds is 5. The van der Waals surface area contributed by atoms with Crippen LogP contribution >= 0.6 is 0 Å². The summed E-state index contributed by atoms with van der Waals surface area (Å²) >= 11 is 0. The Balaban J connectivity index is 1.59. The molecular formula is C15H18N2O3. The van der Waals surface area contributed by atoms with Crippen molar-refractivity contribution in [3.05, 3.63) is 24.3 Å². The van der Waals surface area contributed by atoms with E-state index in [0.717, 1.165) is 31.5 Å². The zero-order valence-electron chi connectivity index (χ0n) is 11.3. The van der Waals surface area contributed by atoms with Crippen molar-refractivity contribution in [2.24, 2.45) is 0 Å². The van der Waals surface area contributed by atoms with Crippen molar-refractivity contribution >= 4 is 17.5 Å². The van der Waals surface area contributed by atoms with Crippen LogP contribution in [0.5, 0.6) is 5.75 Å². The molecule has 0 spiro atoms. The first kappa shape index (κ1) is 13.0. The number of amides is 2. The lowest BCUT2D eigenvalue weighted by atomic mass is 10.3. The van der Waals surface area contributed by atoms with Gasteiger partial charge in [-0.25, -0.2) is 0 Å². The second-order valence-corrected chi connectivity index (χ2v) is 5.28. The van der Waals surface area contributed by atoms with Crippen LogP contribution in [0.4, 0.5) is 5.69 Å². The Morgan fingerprint density at radius 3 is 2.95 bits per heavy atom. The molecule has 1 saturated heterocycles. The highest BCUT2D eigenvalue weighted by molar-refractivity contribution is 5.95. The summed E-state index contributed by atoms with van der Waals surface area (Å²) in [6.07, 6.45) is 3.64. The summed E-state index contributed by atoms with van der Waals surface area (Å²) in [5.74, 6) is 0.678. The number of benzene rings is 1. The molecule has 2 amide bonds. The van der Waals surface area contributed by atoms with Gasteiger partial charge in [0, 0.05) is 30.8 Å². The Labute approximate surface area is 117 Å². The molecule has 1 N–H and O–H groups in total. The molecule has 0 aromatic heterocycles. The van der Waals surface area contributed by atoms with Gasteiger partial charge in [-0.15, -0.1) is 0 Å². The summed E-state index contributed by atoms with van der Waals surface area (Å²) in [5, 5.41) is 2.87. The number of ether oxygens (including phenoxy) is 1. The monoisotopic (exact) mass is 274 g/mol. The van der Waals surface area contributed by atoms with Gasteiger partial charge in [0.2, 0.25) is 5.91 Å². The summed E-state index contributed by atoms with van der Waals surface area (Å²) in [7, 11) is 0. The van der Waals surface area contributed by atoms with Crippen LogP contribution in [-0.4, -0.2) is 31.0 Å². The van der Waals surface area contributed by atoms with Crippen molar-refractivity contribution in [2.75, 3.05) is 18.1 Å². The number of hydrogen-bond acceptors (Lipinski definition) is 3. The van der Waals surface area contributed by atoms with Gasteiger partial charge in [0.15, 0.2) is 6.61 Å². The third-order valence-corrected chi connectivity index (χ3v) is 3.52. The van der Waals surface area contributed by atoms with E-state index in [1.165, 1.54) is 0 Å². The van der Waals surface area contributed by atoms with Gasteiger partial charge in [-0.2, -0.15) is 0 Å². The molecule has 5 heteroatoms. The maximum atomic E-state index is 11.7. The fraction of sp³-hybridized carbons (Fsp3) is 0.467. The smallest absolute Gasteiger partial charge is 0.258 e. The SMILES string of the molecule is O=C(COc1cccc(N2CCCC2=O)c1)NC1CC1. The number of carbonyl (C=O) groups is 2. The van der Waals surface area contributed by atoms with Crippen molar-refractivity contribution in [3.8, 4) is 5.75 Å². The molecule has 1 aliphatic carbocycles. The summed E-state index contributed by atoms with van der Waals surface area (Å²) in [5.41, 5.74) is 0.840. The molecule has 0 bridgehead atoms. The maximum Gasteiger partial charge on any atom is 0.258 e. The molecule has 0 radical (unpaired) electrons. The van der Waals surface area contributed by atoms with Gasteiger partial charge in [0.05, 0.1) is 0 Å². The molecule has 1 aromatic carbocycles. The Hall–Kier alpha value is -2.04. The normalized spacial score (nSPS) is 18.2. The molecule has 0 atom stereocenters. The van der Waals surface area contributed by atoms with Crippen LogP contribution in [0.2, 0.25) is 0 Å². The molecule has 1 saturated carbocycles. The standard InChI is InChI=1S/C15H18N2O3/c18-14(16-11-6-7-11)10-20-13-4-1-3-12(9-13)17-8-2-5-15(17)19/h1,3-4,9,11H,2,5-8,10H2,(H,16,18). The van der Waals surface area contributed by atoms with E-state index in [1.807, 2.05) is 18.2 Å². The van der Waals surface area contributed by atoms with Gasteiger partial charge in [0.25, 0.3) is 5.91 Å². The quantitative estimate of drug-likeness (QED) is 0.884. The average Bonchev–Trinajstić information content (AvgIpc) is 3.15. The van der Waals surface area contributed by atoms with E-state index in [-0.39, 0.29) is 18.4 Å². The second-order valence-electron chi connectivity index (χ2n) is 5.28. The first-order valence-electron chi connectivity index (χ1n) is 7.05. The molecular weight excluding hydrogens is 256 g/mol.